The van der Waals surface area contributed by atoms with Gasteiger partial charge in [0.05, 0.1) is 17.7 Å². The molecule has 0 aromatic carbocycles. The van der Waals surface area contributed by atoms with E-state index >= 15 is 0 Å². The summed E-state index contributed by atoms with van der Waals surface area (Å²) in [6, 6.07) is 0.494. The Morgan fingerprint density at radius 1 is 1.50 bits per heavy atom. The van der Waals surface area contributed by atoms with Gasteiger partial charge in [0.25, 0.3) is 0 Å². The summed E-state index contributed by atoms with van der Waals surface area (Å²) in [7, 11) is 0. The second kappa shape index (κ2) is 3.92. The first-order valence-corrected chi connectivity index (χ1v) is 5.80. The van der Waals surface area contributed by atoms with E-state index in [0.29, 0.717) is 6.04 Å². The normalized spacial score (nSPS) is 18.2. The van der Waals surface area contributed by atoms with Crippen molar-refractivity contribution >= 4 is 5.97 Å². The highest BCUT2D eigenvalue weighted by atomic mass is 16.4. The van der Waals surface area contributed by atoms with Crippen molar-refractivity contribution in [2.75, 3.05) is 0 Å². The van der Waals surface area contributed by atoms with Gasteiger partial charge in [0, 0.05) is 11.3 Å². The summed E-state index contributed by atoms with van der Waals surface area (Å²) in [6.45, 7) is 5.61. The van der Waals surface area contributed by atoms with Gasteiger partial charge >= 0.3 is 5.97 Å². The lowest BCUT2D eigenvalue weighted by atomic mass is 9.92. The van der Waals surface area contributed by atoms with E-state index in [1.165, 1.54) is 19.3 Å². The van der Waals surface area contributed by atoms with Crippen LogP contribution in [0.3, 0.4) is 0 Å². The quantitative estimate of drug-likeness (QED) is 0.854. The van der Waals surface area contributed by atoms with E-state index in [-0.39, 0.29) is 0 Å². The maximum Gasteiger partial charge on any atom is 0.310 e. The second-order valence-electron chi connectivity index (χ2n) is 4.67. The lowest BCUT2D eigenvalue weighted by Gasteiger charge is -2.27. The number of carboxylic acids is 1. The molecule has 4 heteroatoms. The van der Waals surface area contributed by atoms with E-state index in [2.05, 4.69) is 5.10 Å². The minimum absolute atomic E-state index is 0.464. The van der Waals surface area contributed by atoms with Crippen molar-refractivity contribution < 1.29 is 9.90 Å². The van der Waals surface area contributed by atoms with Crippen LogP contribution in [-0.2, 0) is 4.79 Å². The highest BCUT2D eigenvalue weighted by Gasteiger charge is 2.27. The van der Waals surface area contributed by atoms with Crippen LogP contribution in [0, 0.1) is 13.8 Å². The summed E-state index contributed by atoms with van der Waals surface area (Å²) in [6.07, 6.45) is 3.60. The van der Waals surface area contributed by atoms with Crippen molar-refractivity contribution in [1.82, 2.24) is 9.78 Å². The number of carboxylic acid groups (broad SMARTS) is 1. The maximum absolute atomic E-state index is 11.0. The Balaban J connectivity index is 2.38. The Bertz CT molecular complexity index is 419. The summed E-state index contributed by atoms with van der Waals surface area (Å²) in [5, 5.41) is 13.6. The molecular formula is C12H18N2O2. The summed E-state index contributed by atoms with van der Waals surface area (Å²) >= 11 is 0. The fourth-order valence-corrected chi connectivity index (χ4v) is 2.41. The van der Waals surface area contributed by atoms with E-state index in [0.717, 1.165) is 17.0 Å². The molecule has 1 aliphatic rings. The first kappa shape index (κ1) is 11.2. The van der Waals surface area contributed by atoms with E-state index in [9.17, 15) is 4.79 Å². The van der Waals surface area contributed by atoms with Gasteiger partial charge < -0.3 is 5.11 Å². The molecular weight excluding hydrogens is 204 g/mol. The highest BCUT2D eigenvalue weighted by Crippen LogP contribution is 2.34. The Hall–Kier alpha value is -1.32. The largest absolute Gasteiger partial charge is 0.481 e. The van der Waals surface area contributed by atoms with Gasteiger partial charge in [0.15, 0.2) is 0 Å². The zero-order valence-corrected chi connectivity index (χ0v) is 10.0. The molecule has 0 aliphatic heterocycles. The smallest absolute Gasteiger partial charge is 0.310 e. The molecule has 0 bridgehead atoms. The Labute approximate surface area is 95.3 Å². The third kappa shape index (κ3) is 1.62. The van der Waals surface area contributed by atoms with Gasteiger partial charge in [0.1, 0.15) is 0 Å². The van der Waals surface area contributed by atoms with Crippen LogP contribution in [0.25, 0.3) is 0 Å². The summed E-state index contributed by atoms with van der Waals surface area (Å²) < 4.78 is 2.02. The summed E-state index contributed by atoms with van der Waals surface area (Å²) in [4.78, 5) is 11.0. The monoisotopic (exact) mass is 222 g/mol. The van der Waals surface area contributed by atoms with Crippen LogP contribution in [0.1, 0.15) is 55.1 Å². The number of carbonyl (C=O) groups is 1. The van der Waals surface area contributed by atoms with Crippen LogP contribution < -0.4 is 0 Å². The Morgan fingerprint density at radius 2 is 2.12 bits per heavy atom. The van der Waals surface area contributed by atoms with E-state index in [1.807, 2.05) is 18.5 Å². The van der Waals surface area contributed by atoms with Crippen molar-refractivity contribution in [1.29, 1.82) is 0 Å². The number of hydrogen-bond acceptors (Lipinski definition) is 2. The van der Waals surface area contributed by atoms with Crippen LogP contribution >= 0.6 is 0 Å². The molecule has 2 rings (SSSR count). The Morgan fingerprint density at radius 3 is 2.56 bits per heavy atom. The second-order valence-corrected chi connectivity index (χ2v) is 4.67. The molecule has 0 radical (unpaired) electrons. The van der Waals surface area contributed by atoms with Gasteiger partial charge in [-0.1, -0.05) is 0 Å². The van der Waals surface area contributed by atoms with Crippen LogP contribution in [0.15, 0.2) is 0 Å². The molecule has 1 atom stereocenters. The summed E-state index contributed by atoms with van der Waals surface area (Å²) in [5.41, 5.74) is 2.77. The predicted octanol–water partition coefficient (Wildman–Crippen LogP) is 2.41. The van der Waals surface area contributed by atoms with E-state index in [4.69, 9.17) is 5.11 Å². The third-order valence-corrected chi connectivity index (χ3v) is 3.60. The third-order valence-electron chi connectivity index (χ3n) is 3.60. The van der Waals surface area contributed by atoms with Crippen molar-refractivity contribution in [2.45, 2.75) is 52.0 Å². The molecule has 1 aromatic heterocycles. The molecule has 88 valence electrons. The zero-order valence-electron chi connectivity index (χ0n) is 10.0. The molecule has 0 spiro atoms. The molecule has 1 heterocycles. The Kier molecular flexibility index (Phi) is 2.74. The van der Waals surface area contributed by atoms with Crippen molar-refractivity contribution in [3.05, 3.63) is 17.0 Å². The SMILES string of the molecule is Cc1nn(C2CCC2)c(C)c1C(C)C(=O)O. The number of nitrogens with zero attached hydrogens (tertiary/aromatic N) is 2. The van der Waals surface area contributed by atoms with Crippen LogP contribution in [0.4, 0.5) is 0 Å². The average Bonchev–Trinajstić information content (AvgIpc) is 2.39. The molecule has 1 saturated carbocycles. The first-order chi connectivity index (χ1) is 7.52. The zero-order chi connectivity index (χ0) is 11.9. The molecule has 1 N–H and O–H groups in total. The lowest BCUT2D eigenvalue weighted by Crippen LogP contribution is -2.19. The molecule has 16 heavy (non-hydrogen) atoms. The fourth-order valence-electron chi connectivity index (χ4n) is 2.41. The van der Waals surface area contributed by atoms with E-state index in [1.54, 1.807) is 6.92 Å². The van der Waals surface area contributed by atoms with Crippen LogP contribution in [-0.4, -0.2) is 20.9 Å². The summed E-state index contributed by atoms with van der Waals surface area (Å²) in [5.74, 6) is -1.24. The molecule has 1 fully saturated rings. The van der Waals surface area contributed by atoms with Crippen molar-refractivity contribution in [2.24, 2.45) is 0 Å². The van der Waals surface area contributed by atoms with Gasteiger partial charge in [-0.25, -0.2) is 0 Å². The van der Waals surface area contributed by atoms with Crippen LogP contribution in [0.2, 0.25) is 0 Å². The minimum atomic E-state index is -0.778. The number of aliphatic carboxylic acids is 1. The van der Waals surface area contributed by atoms with Crippen LogP contribution in [0.5, 0.6) is 0 Å². The topological polar surface area (TPSA) is 55.1 Å². The molecule has 4 nitrogen and oxygen atoms in total. The van der Waals surface area contributed by atoms with Gasteiger partial charge in [-0.05, 0) is 40.0 Å². The highest BCUT2D eigenvalue weighted by molar-refractivity contribution is 5.76. The molecule has 0 saturated heterocycles. The van der Waals surface area contributed by atoms with E-state index < -0.39 is 11.9 Å². The van der Waals surface area contributed by atoms with Gasteiger partial charge in [-0.3, -0.25) is 9.48 Å². The van der Waals surface area contributed by atoms with Gasteiger partial charge in [0.2, 0.25) is 0 Å². The average molecular weight is 222 g/mol. The minimum Gasteiger partial charge on any atom is -0.481 e. The van der Waals surface area contributed by atoms with Gasteiger partial charge in [-0.2, -0.15) is 5.10 Å². The number of rotatable bonds is 3. The fraction of sp³-hybridized carbons (Fsp3) is 0.667. The standard InChI is InChI=1S/C12H18N2O2/c1-7(12(15)16)11-8(2)13-14(9(11)3)10-5-4-6-10/h7,10H,4-6H2,1-3H3,(H,15,16). The lowest BCUT2D eigenvalue weighted by molar-refractivity contribution is -0.138. The van der Waals surface area contributed by atoms with Gasteiger partial charge in [-0.15, -0.1) is 0 Å². The number of hydrogen-bond donors (Lipinski definition) is 1. The molecule has 1 unspecified atom stereocenters. The molecule has 1 aromatic rings. The first-order valence-electron chi connectivity index (χ1n) is 5.80. The van der Waals surface area contributed by atoms with Crippen molar-refractivity contribution in [3.63, 3.8) is 0 Å². The van der Waals surface area contributed by atoms with Crippen molar-refractivity contribution in [3.8, 4) is 0 Å². The number of aryl methyl sites for hydroxylation is 1. The maximum atomic E-state index is 11.0. The number of aromatic nitrogens is 2. The molecule has 1 aliphatic carbocycles. The molecule has 0 amide bonds. The predicted molar refractivity (Wildman–Crippen MR) is 60.6 cm³/mol.